The first kappa shape index (κ1) is 11.2. The standard InChI is InChI=1S/C12H7BrN2O3/c13-7-1-2-9-10(5-7)15(12(17)11(9)16)6-8-3-4-14-18-8/h1-5H,6H2. The topological polar surface area (TPSA) is 63.4 Å². The molecule has 0 atom stereocenters. The Labute approximate surface area is 110 Å². The second kappa shape index (κ2) is 4.06. The van der Waals surface area contributed by atoms with Crippen molar-refractivity contribution in [2.45, 2.75) is 6.54 Å². The number of halogens is 1. The van der Waals surface area contributed by atoms with Crippen LogP contribution in [0.3, 0.4) is 0 Å². The summed E-state index contributed by atoms with van der Waals surface area (Å²) in [4.78, 5) is 25.1. The van der Waals surface area contributed by atoms with Gasteiger partial charge in [0, 0.05) is 10.5 Å². The first-order chi connectivity index (χ1) is 8.66. The van der Waals surface area contributed by atoms with E-state index in [-0.39, 0.29) is 6.54 Å². The van der Waals surface area contributed by atoms with Gasteiger partial charge in [0.25, 0.3) is 11.7 Å². The molecule has 5 nitrogen and oxygen atoms in total. The number of carbonyl (C=O) groups excluding carboxylic acids is 2. The fourth-order valence-corrected chi connectivity index (χ4v) is 2.25. The normalized spacial score (nSPS) is 14.2. The molecule has 2 aromatic rings. The van der Waals surface area contributed by atoms with Crippen LogP contribution >= 0.6 is 15.9 Å². The minimum absolute atomic E-state index is 0.202. The molecule has 2 heterocycles. The van der Waals surface area contributed by atoms with Gasteiger partial charge in [0.1, 0.15) is 0 Å². The third-order valence-electron chi connectivity index (χ3n) is 2.74. The average Bonchev–Trinajstić information content (AvgIpc) is 2.93. The highest BCUT2D eigenvalue weighted by atomic mass is 79.9. The predicted molar refractivity (Wildman–Crippen MR) is 66.2 cm³/mol. The van der Waals surface area contributed by atoms with Crippen molar-refractivity contribution >= 4 is 33.3 Å². The maximum atomic E-state index is 11.9. The quantitative estimate of drug-likeness (QED) is 0.798. The van der Waals surface area contributed by atoms with E-state index >= 15 is 0 Å². The largest absolute Gasteiger partial charge is 0.359 e. The SMILES string of the molecule is O=C1C(=O)N(Cc2ccno2)c2cc(Br)ccc21. The number of rotatable bonds is 2. The summed E-state index contributed by atoms with van der Waals surface area (Å²) < 4.78 is 5.77. The maximum absolute atomic E-state index is 11.9. The molecule has 0 spiro atoms. The van der Waals surface area contributed by atoms with Crippen molar-refractivity contribution < 1.29 is 14.1 Å². The summed E-state index contributed by atoms with van der Waals surface area (Å²) in [5.74, 6) is -0.500. The number of benzene rings is 1. The number of hydrogen-bond donors (Lipinski definition) is 0. The number of ketones is 1. The Kier molecular flexibility index (Phi) is 2.52. The summed E-state index contributed by atoms with van der Waals surface area (Å²) in [5.41, 5.74) is 1.01. The summed E-state index contributed by atoms with van der Waals surface area (Å²) in [6, 6.07) is 6.78. The first-order valence-electron chi connectivity index (χ1n) is 5.22. The Morgan fingerprint density at radius 2 is 2.11 bits per heavy atom. The van der Waals surface area contributed by atoms with Crippen LogP contribution in [0.25, 0.3) is 0 Å². The molecule has 0 saturated carbocycles. The molecule has 0 aliphatic carbocycles. The molecule has 1 amide bonds. The van der Waals surface area contributed by atoms with Gasteiger partial charge in [-0.1, -0.05) is 21.1 Å². The van der Waals surface area contributed by atoms with E-state index in [0.717, 1.165) is 4.47 Å². The number of hydrogen-bond acceptors (Lipinski definition) is 4. The summed E-state index contributed by atoms with van der Waals surface area (Å²) in [6.45, 7) is 0.202. The van der Waals surface area contributed by atoms with Gasteiger partial charge in [-0.25, -0.2) is 0 Å². The predicted octanol–water partition coefficient (Wildman–Crippen LogP) is 2.17. The van der Waals surface area contributed by atoms with E-state index in [9.17, 15) is 9.59 Å². The smallest absolute Gasteiger partial charge is 0.299 e. The number of nitrogens with zero attached hydrogens (tertiary/aromatic N) is 2. The Bertz CT molecular complexity index is 637. The van der Waals surface area contributed by atoms with Crippen LogP contribution in [-0.4, -0.2) is 16.8 Å². The monoisotopic (exact) mass is 306 g/mol. The van der Waals surface area contributed by atoms with E-state index in [2.05, 4.69) is 21.1 Å². The molecule has 1 aromatic heterocycles. The first-order valence-corrected chi connectivity index (χ1v) is 6.01. The van der Waals surface area contributed by atoms with E-state index in [0.29, 0.717) is 17.0 Å². The molecule has 90 valence electrons. The van der Waals surface area contributed by atoms with Crippen molar-refractivity contribution in [1.82, 2.24) is 5.16 Å². The van der Waals surface area contributed by atoms with Crippen molar-refractivity contribution in [3.63, 3.8) is 0 Å². The van der Waals surface area contributed by atoms with Gasteiger partial charge in [-0.3, -0.25) is 14.5 Å². The van der Waals surface area contributed by atoms with Gasteiger partial charge >= 0.3 is 0 Å². The van der Waals surface area contributed by atoms with Crippen molar-refractivity contribution in [1.29, 1.82) is 0 Å². The number of carbonyl (C=O) groups is 2. The maximum Gasteiger partial charge on any atom is 0.299 e. The highest BCUT2D eigenvalue weighted by Gasteiger charge is 2.36. The molecule has 1 aliphatic heterocycles. The molecule has 0 saturated heterocycles. The van der Waals surface area contributed by atoms with Gasteiger partial charge in [0.15, 0.2) is 5.76 Å². The zero-order chi connectivity index (χ0) is 12.7. The molecule has 3 rings (SSSR count). The number of aromatic nitrogens is 1. The molecule has 0 bridgehead atoms. The molecular weight excluding hydrogens is 300 g/mol. The third-order valence-corrected chi connectivity index (χ3v) is 3.23. The van der Waals surface area contributed by atoms with Crippen LogP contribution in [0.4, 0.5) is 5.69 Å². The van der Waals surface area contributed by atoms with Crippen LogP contribution in [0.2, 0.25) is 0 Å². The van der Waals surface area contributed by atoms with E-state index in [1.54, 1.807) is 24.3 Å². The van der Waals surface area contributed by atoms with Crippen LogP contribution in [0.5, 0.6) is 0 Å². The molecule has 6 heteroatoms. The van der Waals surface area contributed by atoms with Crippen molar-refractivity contribution in [2.75, 3.05) is 4.90 Å². The van der Waals surface area contributed by atoms with Crippen LogP contribution in [0.1, 0.15) is 16.1 Å². The zero-order valence-corrected chi connectivity index (χ0v) is 10.7. The summed E-state index contributed by atoms with van der Waals surface area (Å²) >= 11 is 3.33. The summed E-state index contributed by atoms with van der Waals surface area (Å²) in [7, 11) is 0. The summed E-state index contributed by atoms with van der Waals surface area (Å²) in [6.07, 6.45) is 1.50. The minimum Gasteiger partial charge on any atom is -0.359 e. The second-order valence-electron chi connectivity index (χ2n) is 3.86. The van der Waals surface area contributed by atoms with E-state index in [1.807, 2.05) is 0 Å². The number of Topliss-reactive ketones (excluding diaryl/α,β-unsaturated/α-hetero) is 1. The van der Waals surface area contributed by atoms with E-state index < -0.39 is 11.7 Å². The molecular formula is C12H7BrN2O3. The average molecular weight is 307 g/mol. The van der Waals surface area contributed by atoms with Crippen LogP contribution in [0.15, 0.2) is 39.5 Å². The van der Waals surface area contributed by atoms with Gasteiger partial charge in [0.2, 0.25) is 0 Å². The lowest BCUT2D eigenvalue weighted by molar-refractivity contribution is -0.114. The number of anilines is 1. The summed E-state index contributed by atoms with van der Waals surface area (Å²) in [5, 5.41) is 3.57. The Balaban J connectivity index is 2.03. The highest BCUT2D eigenvalue weighted by molar-refractivity contribution is 9.10. The van der Waals surface area contributed by atoms with Gasteiger partial charge in [0.05, 0.1) is 24.0 Å². The van der Waals surface area contributed by atoms with Gasteiger partial charge < -0.3 is 4.52 Å². The lowest BCUT2D eigenvalue weighted by atomic mass is 10.1. The van der Waals surface area contributed by atoms with Crippen LogP contribution < -0.4 is 4.90 Å². The highest BCUT2D eigenvalue weighted by Crippen LogP contribution is 2.32. The van der Waals surface area contributed by atoms with Crippen LogP contribution in [0, 0.1) is 0 Å². The Morgan fingerprint density at radius 3 is 2.83 bits per heavy atom. The van der Waals surface area contributed by atoms with Gasteiger partial charge in [-0.05, 0) is 18.2 Å². The molecule has 0 fully saturated rings. The third kappa shape index (κ3) is 1.65. The van der Waals surface area contributed by atoms with E-state index in [4.69, 9.17) is 4.52 Å². The lowest BCUT2D eigenvalue weighted by Gasteiger charge is -2.14. The van der Waals surface area contributed by atoms with E-state index in [1.165, 1.54) is 11.1 Å². The fourth-order valence-electron chi connectivity index (χ4n) is 1.90. The molecule has 18 heavy (non-hydrogen) atoms. The molecule has 0 N–H and O–H groups in total. The number of fused-ring (bicyclic) bond motifs is 1. The van der Waals surface area contributed by atoms with Crippen molar-refractivity contribution in [2.24, 2.45) is 0 Å². The molecule has 0 radical (unpaired) electrons. The lowest BCUT2D eigenvalue weighted by Crippen LogP contribution is -2.28. The molecule has 0 unspecified atom stereocenters. The Hall–Kier alpha value is -1.95. The Morgan fingerprint density at radius 1 is 1.28 bits per heavy atom. The molecule has 1 aromatic carbocycles. The zero-order valence-electron chi connectivity index (χ0n) is 9.09. The number of amides is 1. The van der Waals surface area contributed by atoms with Gasteiger partial charge in [-0.2, -0.15) is 0 Å². The second-order valence-corrected chi connectivity index (χ2v) is 4.78. The van der Waals surface area contributed by atoms with Crippen molar-refractivity contribution in [3.8, 4) is 0 Å². The van der Waals surface area contributed by atoms with Gasteiger partial charge in [-0.15, -0.1) is 0 Å². The van der Waals surface area contributed by atoms with Crippen LogP contribution in [-0.2, 0) is 11.3 Å². The fraction of sp³-hybridized carbons (Fsp3) is 0.0833. The minimum atomic E-state index is -0.542. The van der Waals surface area contributed by atoms with Crippen molar-refractivity contribution in [3.05, 3.63) is 46.3 Å². The molecule has 1 aliphatic rings.